The zero-order valence-electron chi connectivity index (χ0n) is 17.2. The van der Waals surface area contributed by atoms with Crippen LogP contribution in [0.2, 0.25) is 0 Å². The third-order valence-corrected chi connectivity index (χ3v) is 8.19. The molecule has 32 heavy (non-hydrogen) atoms. The van der Waals surface area contributed by atoms with Gasteiger partial charge in [0.15, 0.2) is 0 Å². The van der Waals surface area contributed by atoms with Gasteiger partial charge in [-0.1, -0.05) is 77.6 Å². The molecular formula is C26H18N4S2. The molecule has 3 aromatic rings. The van der Waals surface area contributed by atoms with Crippen LogP contribution >= 0.6 is 23.5 Å². The van der Waals surface area contributed by atoms with Gasteiger partial charge in [-0.3, -0.25) is 10.3 Å². The fourth-order valence-corrected chi connectivity index (χ4v) is 6.65. The van der Waals surface area contributed by atoms with Crippen LogP contribution in [0.15, 0.2) is 104 Å². The maximum atomic E-state index is 10.4. The van der Waals surface area contributed by atoms with Crippen LogP contribution in [-0.2, 0) is 0 Å². The van der Waals surface area contributed by atoms with Crippen molar-refractivity contribution in [1.82, 2.24) is 0 Å². The van der Waals surface area contributed by atoms with Gasteiger partial charge in [-0.2, -0.15) is 5.26 Å². The number of rotatable bonds is 1. The van der Waals surface area contributed by atoms with Gasteiger partial charge in [0.25, 0.3) is 0 Å². The third kappa shape index (κ3) is 2.82. The van der Waals surface area contributed by atoms with Crippen LogP contribution in [0.25, 0.3) is 0 Å². The zero-order valence-corrected chi connectivity index (χ0v) is 18.8. The summed E-state index contributed by atoms with van der Waals surface area (Å²) in [7, 11) is 0. The minimum absolute atomic E-state index is 0.300. The van der Waals surface area contributed by atoms with E-state index >= 15 is 0 Å². The molecule has 1 atom stereocenters. The van der Waals surface area contributed by atoms with E-state index in [1.165, 1.54) is 5.56 Å². The predicted molar refractivity (Wildman–Crippen MR) is 132 cm³/mol. The molecule has 0 bridgehead atoms. The molecule has 3 heterocycles. The van der Waals surface area contributed by atoms with Crippen molar-refractivity contribution in [3.05, 3.63) is 105 Å². The normalized spacial score (nSPS) is 21.1. The van der Waals surface area contributed by atoms with Gasteiger partial charge in [0.05, 0.1) is 34.0 Å². The standard InChI is InChI=1S/C26H18N4S2/c1-15-10-12-16(13-11-15)22-17(14-27)26-30(19-7-3-5-9-21(19)32-26)24(28)23(22)25-29-18-6-2-4-8-20(18)31-25/h2-13,22,28-29H,1H3/b25-23-,28-24?. The quantitative estimate of drug-likeness (QED) is 0.425. The molecule has 0 saturated carbocycles. The summed E-state index contributed by atoms with van der Waals surface area (Å²) in [6.07, 6.45) is 0. The molecule has 2 N–H and O–H groups in total. The Hall–Kier alpha value is -3.40. The monoisotopic (exact) mass is 450 g/mol. The molecule has 6 rings (SSSR count). The molecule has 0 aliphatic carbocycles. The Kier molecular flexibility index (Phi) is 4.42. The molecule has 0 radical (unpaired) electrons. The van der Waals surface area contributed by atoms with Gasteiger partial charge in [-0.25, -0.2) is 0 Å². The van der Waals surface area contributed by atoms with Gasteiger partial charge in [0.2, 0.25) is 0 Å². The van der Waals surface area contributed by atoms with Gasteiger partial charge in [-0.05, 0) is 36.8 Å². The number of amidine groups is 1. The van der Waals surface area contributed by atoms with Crippen LogP contribution in [0.3, 0.4) is 0 Å². The summed E-state index contributed by atoms with van der Waals surface area (Å²) in [5.74, 6) is 0.121. The first-order valence-corrected chi connectivity index (χ1v) is 11.9. The summed E-state index contributed by atoms with van der Waals surface area (Å²) in [5.41, 5.74) is 5.73. The molecule has 0 spiro atoms. The number of allylic oxidation sites excluding steroid dienone is 1. The van der Waals surface area contributed by atoms with Crippen LogP contribution in [0.5, 0.6) is 0 Å². The Morgan fingerprint density at radius 2 is 1.66 bits per heavy atom. The highest BCUT2D eigenvalue weighted by atomic mass is 32.2. The Balaban J connectivity index is 1.61. The van der Waals surface area contributed by atoms with E-state index in [1.54, 1.807) is 23.5 Å². The second-order valence-electron chi connectivity index (χ2n) is 7.89. The van der Waals surface area contributed by atoms with E-state index in [9.17, 15) is 10.7 Å². The summed E-state index contributed by atoms with van der Waals surface area (Å²) in [6.45, 7) is 2.06. The highest BCUT2D eigenvalue weighted by Crippen LogP contribution is 2.56. The van der Waals surface area contributed by atoms with Crippen LogP contribution in [0.1, 0.15) is 17.0 Å². The van der Waals surface area contributed by atoms with Crippen LogP contribution in [-0.4, -0.2) is 5.84 Å². The minimum atomic E-state index is -0.300. The number of hydrogen-bond acceptors (Lipinski definition) is 5. The number of nitrogens with one attached hydrogen (secondary N) is 2. The largest absolute Gasteiger partial charge is 0.349 e. The maximum Gasteiger partial charge on any atom is 0.137 e. The molecule has 6 heteroatoms. The molecule has 0 aromatic heterocycles. The van der Waals surface area contributed by atoms with Gasteiger partial charge >= 0.3 is 0 Å². The van der Waals surface area contributed by atoms with Crippen molar-refractivity contribution in [1.29, 1.82) is 10.7 Å². The molecule has 1 unspecified atom stereocenters. The molecule has 3 aromatic carbocycles. The average molecular weight is 451 g/mol. The maximum absolute atomic E-state index is 10.4. The lowest BCUT2D eigenvalue weighted by Crippen LogP contribution is -2.37. The Labute approximate surface area is 195 Å². The second-order valence-corrected chi connectivity index (χ2v) is 9.98. The molecule has 0 saturated heterocycles. The van der Waals surface area contributed by atoms with Crippen molar-refractivity contribution >= 4 is 40.7 Å². The van der Waals surface area contributed by atoms with Gasteiger partial charge in [0.1, 0.15) is 10.9 Å². The molecule has 0 amide bonds. The third-order valence-electron chi connectivity index (χ3n) is 5.93. The highest BCUT2D eigenvalue weighted by molar-refractivity contribution is 8.04. The smallest absolute Gasteiger partial charge is 0.137 e. The van der Waals surface area contributed by atoms with E-state index in [0.29, 0.717) is 11.4 Å². The first kappa shape index (κ1) is 19.3. The van der Waals surface area contributed by atoms with E-state index in [4.69, 9.17) is 0 Å². The number of aryl methyl sites for hydroxylation is 1. The van der Waals surface area contributed by atoms with Gasteiger partial charge < -0.3 is 5.32 Å². The topological polar surface area (TPSA) is 62.9 Å². The number of fused-ring (bicyclic) bond motifs is 4. The summed E-state index contributed by atoms with van der Waals surface area (Å²) < 4.78 is 0. The van der Waals surface area contributed by atoms with E-state index < -0.39 is 0 Å². The van der Waals surface area contributed by atoms with E-state index in [-0.39, 0.29) is 5.92 Å². The molecule has 3 aliphatic heterocycles. The number of hydrogen-bond donors (Lipinski definition) is 2. The Morgan fingerprint density at radius 1 is 0.938 bits per heavy atom. The molecule has 0 fully saturated rings. The number of anilines is 2. The van der Waals surface area contributed by atoms with Gasteiger partial charge in [-0.15, -0.1) is 0 Å². The number of nitrogens with zero attached hydrogens (tertiary/aromatic N) is 2. The van der Waals surface area contributed by atoms with Crippen LogP contribution in [0.4, 0.5) is 11.4 Å². The summed E-state index contributed by atoms with van der Waals surface area (Å²) in [4.78, 5) is 4.15. The fraction of sp³-hybridized carbons (Fsp3) is 0.0769. The fourth-order valence-electron chi connectivity index (χ4n) is 4.39. The summed E-state index contributed by atoms with van der Waals surface area (Å²) in [6, 6.07) is 27.1. The van der Waals surface area contributed by atoms with E-state index in [2.05, 4.69) is 60.8 Å². The van der Waals surface area contributed by atoms with Crippen molar-refractivity contribution in [3.8, 4) is 6.07 Å². The number of benzene rings is 3. The van der Waals surface area contributed by atoms with Crippen molar-refractivity contribution in [2.75, 3.05) is 10.2 Å². The van der Waals surface area contributed by atoms with Crippen LogP contribution in [0, 0.1) is 23.7 Å². The van der Waals surface area contributed by atoms with Crippen molar-refractivity contribution in [2.45, 2.75) is 22.6 Å². The van der Waals surface area contributed by atoms with Crippen molar-refractivity contribution in [3.63, 3.8) is 0 Å². The number of nitriles is 1. The lowest BCUT2D eigenvalue weighted by atomic mass is 9.82. The van der Waals surface area contributed by atoms with Gasteiger partial charge in [0, 0.05) is 15.4 Å². The summed E-state index contributed by atoms with van der Waals surface area (Å²) in [5, 5.41) is 25.0. The Bertz CT molecular complexity index is 1370. The first-order valence-electron chi connectivity index (χ1n) is 10.3. The van der Waals surface area contributed by atoms with Crippen molar-refractivity contribution in [2.24, 2.45) is 0 Å². The van der Waals surface area contributed by atoms with E-state index in [1.807, 2.05) is 35.2 Å². The minimum Gasteiger partial charge on any atom is -0.349 e. The Morgan fingerprint density at radius 3 is 2.41 bits per heavy atom. The van der Waals surface area contributed by atoms with Crippen molar-refractivity contribution < 1.29 is 0 Å². The molecule has 4 nitrogen and oxygen atoms in total. The second kappa shape index (κ2) is 7.33. The lowest BCUT2D eigenvalue weighted by molar-refractivity contribution is 0.939. The van der Waals surface area contributed by atoms with E-state index in [0.717, 1.165) is 42.4 Å². The number of para-hydroxylation sites is 2. The predicted octanol–water partition coefficient (Wildman–Crippen LogP) is 6.85. The van der Waals surface area contributed by atoms with Crippen LogP contribution < -0.4 is 10.2 Å². The SMILES string of the molecule is Cc1ccc(C2C(C#N)=C3Sc4ccccc4N3C(=N)/C2=C2/Nc3ccccc3S2)cc1. The highest BCUT2D eigenvalue weighted by Gasteiger charge is 2.44. The lowest BCUT2D eigenvalue weighted by Gasteiger charge is -2.35. The molecule has 3 aliphatic rings. The average Bonchev–Trinajstić information content (AvgIpc) is 3.41. The molecule has 154 valence electrons. The first-order chi connectivity index (χ1) is 15.7. The number of thioether (sulfide) groups is 2. The summed E-state index contributed by atoms with van der Waals surface area (Å²) >= 11 is 3.22. The molecular weight excluding hydrogens is 432 g/mol. The zero-order chi connectivity index (χ0) is 21.8.